The molecule has 1 aliphatic carbocycles. The van der Waals surface area contributed by atoms with Crippen LogP contribution in [0.25, 0.3) is 10.8 Å². The third-order valence-corrected chi connectivity index (χ3v) is 10.2. The minimum absolute atomic E-state index is 0.0919. The number of sulfonamides is 1. The van der Waals surface area contributed by atoms with Gasteiger partial charge in [0.05, 0.1) is 29.4 Å². The topological polar surface area (TPSA) is 139 Å². The van der Waals surface area contributed by atoms with Crippen molar-refractivity contribution in [2.24, 2.45) is 23.2 Å². The average Bonchev–Trinajstić information content (AvgIpc) is 3.44. The largest absolute Gasteiger partial charge is 0.394 e. The molecule has 1 fully saturated rings. The molecule has 3 rings (SSSR count). The van der Waals surface area contributed by atoms with Gasteiger partial charge in [-0.15, -0.1) is 0 Å². The maximum atomic E-state index is 14.0. The van der Waals surface area contributed by atoms with Gasteiger partial charge in [0.15, 0.2) is 0 Å². The van der Waals surface area contributed by atoms with Crippen molar-refractivity contribution in [1.82, 2.24) is 15.1 Å². The summed E-state index contributed by atoms with van der Waals surface area (Å²) in [5.41, 5.74) is 2.09. The van der Waals surface area contributed by atoms with Crippen LogP contribution in [-0.4, -0.2) is 75.2 Å². The Kier molecular flexibility index (Phi) is 10.8. The van der Waals surface area contributed by atoms with Crippen LogP contribution in [0.1, 0.15) is 52.9 Å². The van der Waals surface area contributed by atoms with Gasteiger partial charge < -0.3 is 15.3 Å². The smallest absolute Gasteiger partial charge is 0.248 e. The number of aliphatic hydroxyl groups is 1. The van der Waals surface area contributed by atoms with Crippen molar-refractivity contribution >= 4 is 38.3 Å². The molecule has 0 bridgehead atoms. The molecule has 0 saturated heterocycles. The van der Waals surface area contributed by atoms with Gasteiger partial charge in [-0.2, -0.15) is 0 Å². The van der Waals surface area contributed by atoms with Crippen LogP contribution in [0.4, 0.5) is 5.69 Å². The van der Waals surface area contributed by atoms with E-state index < -0.39 is 45.1 Å². The van der Waals surface area contributed by atoms with E-state index in [9.17, 15) is 28.3 Å². The number of hydrogen-bond donors (Lipinski definition) is 4. The van der Waals surface area contributed by atoms with E-state index in [4.69, 9.17) is 0 Å². The number of nitrogens with zero attached hydrogens (tertiary/aromatic N) is 2. The Morgan fingerprint density at radius 1 is 0.976 bits per heavy atom. The molecular formula is C30H46N4O6S. The van der Waals surface area contributed by atoms with Crippen LogP contribution in [0.5, 0.6) is 0 Å². The predicted molar refractivity (Wildman–Crippen MR) is 160 cm³/mol. The number of carbonyl (C=O) groups excluding carboxylic acids is 2. The molecule has 1 saturated carbocycles. The summed E-state index contributed by atoms with van der Waals surface area (Å²) in [5.74, 6) is -3.13. The molecule has 41 heavy (non-hydrogen) atoms. The fourth-order valence-corrected chi connectivity index (χ4v) is 7.17. The van der Waals surface area contributed by atoms with Crippen molar-refractivity contribution in [1.29, 1.82) is 0 Å². The number of hydroxylamine groups is 1. The van der Waals surface area contributed by atoms with Crippen LogP contribution in [0.15, 0.2) is 41.3 Å². The lowest BCUT2D eigenvalue weighted by molar-refractivity contribution is -0.141. The van der Waals surface area contributed by atoms with E-state index in [-0.39, 0.29) is 24.0 Å². The van der Waals surface area contributed by atoms with Crippen molar-refractivity contribution in [2.75, 3.05) is 39.2 Å². The predicted octanol–water partition coefficient (Wildman–Crippen LogP) is 3.37. The van der Waals surface area contributed by atoms with Gasteiger partial charge >= 0.3 is 0 Å². The molecule has 0 aliphatic heterocycles. The van der Waals surface area contributed by atoms with E-state index in [1.165, 1.54) is 13.1 Å². The number of aliphatic hydroxyl groups excluding tert-OH is 1. The number of carbonyl (C=O) groups is 2. The molecule has 0 aromatic heterocycles. The van der Waals surface area contributed by atoms with Crippen molar-refractivity contribution in [3.05, 3.63) is 36.4 Å². The van der Waals surface area contributed by atoms with E-state index in [0.29, 0.717) is 11.8 Å². The molecule has 2 aromatic carbocycles. The summed E-state index contributed by atoms with van der Waals surface area (Å²) < 4.78 is 29.0. The highest BCUT2D eigenvalue weighted by molar-refractivity contribution is 7.89. The molecule has 4 N–H and O–H groups in total. The average molecular weight is 591 g/mol. The Balaban J connectivity index is 2.00. The maximum Gasteiger partial charge on any atom is 0.248 e. The second-order valence-corrected chi connectivity index (χ2v) is 14.5. The highest BCUT2D eigenvalue weighted by Crippen LogP contribution is 2.35. The molecule has 1 aliphatic rings. The number of anilines is 1. The molecule has 0 heterocycles. The lowest BCUT2D eigenvalue weighted by atomic mass is 9.81. The van der Waals surface area contributed by atoms with E-state index in [2.05, 4.69) is 5.32 Å². The molecule has 0 unspecified atom stereocenters. The van der Waals surface area contributed by atoms with Crippen LogP contribution in [0.3, 0.4) is 0 Å². The van der Waals surface area contributed by atoms with Crippen LogP contribution in [0.2, 0.25) is 0 Å². The second-order valence-electron chi connectivity index (χ2n) is 12.5. The van der Waals surface area contributed by atoms with Gasteiger partial charge in [-0.25, -0.2) is 18.2 Å². The highest BCUT2D eigenvalue weighted by Gasteiger charge is 2.40. The third-order valence-electron chi connectivity index (χ3n) is 8.36. The highest BCUT2D eigenvalue weighted by atomic mass is 32.2. The zero-order valence-corrected chi connectivity index (χ0v) is 25.9. The van der Waals surface area contributed by atoms with Gasteiger partial charge in [0.1, 0.15) is 0 Å². The first-order chi connectivity index (χ1) is 19.2. The number of rotatable bonds is 12. The first-order valence-corrected chi connectivity index (χ1v) is 15.7. The van der Waals surface area contributed by atoms with Crippen molar-refractivity contribution < 1.29 is 28.3 Å². The SMILES string of the molecule is CN(C)c1cccc2c(S(=O)(=O)N(C)C[C@H](C(=O)NO)[C@@H](CC3CCCC3)C(=O)N[C@H](CO)C(C)(C)C)cccc12. The molecule has 0 spiro atoms. The summed E-state index contributed by atoms with van der Waals surface area (Å²) in [4.78, 5) is 28.8. The van der Waals surface area contributed by atoms with Crippen molar-refractivity contribution in [3.8, 4) is 0 Å². The second kappa shape index (κ2) is 13.5. The van der Waals surface area contributed by atoms with Crippen LogP contribution in [-0.2, 0) is 19.6 Å². The Morgan fingerprint density at radius 2 is 1.59 bits per heavy atom. The van der Waals surface area contributed by atoms with E-state index in [1.807, 2.05) is 51.9 Å². The Labute approximate surface area is 244 Å². The van der Waals surface area contributed by atoms with Crippen molar-refractivity contribution in [2.45, 2.75) is 63.8 Å². The Hall–Kier alpha value is -2.73. The number of hydrogen-bond acceptors (Lipinski definition) is 7. The molecule has 11 heteroatoms. The normalized spacial score (nSPS) is 16.9. The zero-order valence-electron chi connectivity index (χ0n) is 25.1. The minimum Gasteiger partial charge on any atom is -0.394 e. The maximum absolute atomic E-state index is 14.0. The van der Waals surface area contributed by atoms with E-state index in [0.717, 1.165) is 41.1 Å². The molecule has 0 radical (unpaired) electrons. The molecular weight excluding hydrogens is 544 g/mol. The van der Waals surface area contributed by atoms with Gasteiger partial charge in [0, 0.05) is 44.1 Å². The summed E-state index contributed by atoms with van der Waals surface area (Å²) in [7, 11) is 1.06. The Bertz CT molecular complexity index is 1320. The lowest BCUT2D eigenvalue weighted by Crippen LogP contribution is -2.52. The van der Waals surface area contributed by atoms with Gasteiger partial charge in [-0.3, -0.25) is 14.8 Å². The summed E-state index contributed by atoms with van der Waals surface area (Å²) in [6.45, 7) is 5.08. The number of nitrogens with one attached hydrogen (secondary N) is 2. The van der Waals surface area contributed by atoms with Gasteiger partial charge in [0.25, 0.3) is 0 Å². The van der Waals surface area contributed by atoms with Gasteiger partial charge in [0.2, 0.25) is 21.8 Å². The number of benzene rings is 2. The van der Waals surface area contributed by atoms with Gasteiger partial charge in [-0.1, -0.05) is 70.7 Å². The van der Waals surface area contributed by atoms with Crippen LogP contribution in [0, 0.1) is 23.2 Å². The van der Waals surface area contributed by atoms with Crippen LogP contribution >= 0.6 is 0 Å². The standard InChI is InChI=1S/C30H46N4O6S/c1-30(2,3)27(19-35)31-28(36)23(17-20-11-7-8-12-20)24(29(37)32-38)18-34(6)41(39,40)26-16-10-13-21-22(26)14-9-15-25(21)33(4)5/h9-10,13-16,20,23-24,27,35,38H,7-8,11-12,17-19H2,1-6H3,(H,31,36)(H,32,37)/t23-,24+,27-/m1/s1. The van der Waals surface area contributed by atoms with E-state index >= 15 is 0 Å². The molecule has 3 atom stereocenters. The fraction of sp³-hybridized carbons (Fsp3) is 0.600. The van der Waals surface area contributed by atoms with E-state index in [1.54, 1.807) is 23.7 Å². The Morgan fingerprint density at radius 3 is 2.15 bits per heavy atom. The van der Waals surface area contributed by atoms with Crippen molar-refractivity contribution in [3.63, 3.8) is 0 Å². The molecule has 2 amide bonds. The summed E-state index contributed by atoms with van der Waals surface area (Å²) in [5, 5.41) is 23.8. The lowest BCUT2D eigenvalue weighted by Gasteiger charge is -2.34. The first-order valence-electron chi connectivity index (χ1n) is 14.2. The number of fused-ring (bicyclic) bond motifs is 1. The molecule has 10 nitrogen and oxygen atoms in total. The summed E-state index contributed by atoms with van der Waals surface area (Å²) >= 11 is 0. The summed E-state index contributed by atoms with van der Waals surface area (Å²) in [6.07, 6.45) is 4.26. The van der Waals surface area contributed by atoms with Gasteiger partial charge in [-0.05, 0) is 29.9 Å². The summed E-state index contributed by atoms with van der Waals surface area (Å²) in [6, 6.07) is 9.97. The number of amides is 2. The first kappa shape index (κ1) is 32.8. The molecule has 228 valence electrons. The minimum atomic E-state index is -4.10. The van der Waals surface area contributed by atoms with Crippen LogP contribution < -0.4 is 15.7 Å². The third kappa shape index (κ3) is 7.57. The fourth-order valence-electron chi connectivity index (χ4n) is 5.77. The molecule has 2 aromatic rings. The quantitative estimate of drug-likeness (QED) is 0.220. The monoisotopic (exact) mass is 590 g/mol. The zero-order chi connectivity index (χ0) is 30.5.